The molecule has 0 fully saturated rings. The van der Waals surface area contributed by atoms with Gasteiger partial charge in [0.25, 0.3) is 0 Å². The van der Waals surface area contributed by atoms with Gasteiger partial charge in [-0.05, 0) is 6.42 Å². The predicted molar refractivity (Wildman–Crippen MR) is 94.5 cm³/mol. The fourth-order valence-corrected chi connectivity index (χ4v) is 2.10. The van der Waals surface area contributed by atoms with Gasteiger partial charge in [0.2, 0.25) is 0 Å². The number of hydrogen-bond acceptors (Lipinski definition) is 3. The molecule has 5 nitrogen and oxygen atoms in total. The number of ether oxygens (including phenoxy) is 1. The monoisotopic (exact) mass is 323 g/mol. The number of carbonyl (C=O) groups excluding carboxylic acids is 1. The molecular weight excluding hydrogens is 289 g/mol. The maximum atomic E-state index is 11.4. The molecular formula is C16H34N3NaO2. The molecule has 0 rings (SSSR count). The van der Waals surface area contributed by atoms with Crippen LogP contribution in [-0.2, 0) is 9.53 Å². The van der Waals surface area contributed by atoms with Crippen LogP contribution in [0.1, 0.15) is 71.1 Å². The van der Waals surface area contributed by atoms with Crippen molar-refractivity contribution in [1.29, 1.82) is 5.41 Å². The Morgan fingerprint density at radius 2 is 1.45 bits per heavy atom. The molecule has 0 unspecified atom stereocenters. The Morgan fingerprint density at radius 3 is 1.91 bits per heavy atom. The van der Waals surface area contributed by atoms with Crippen LogP contribution in [0.25, 0.3) is 0 Å². The van der Waals surface area contributed by atoms with Crippen molar-refractivity contribution in [3.63, 3.8) is 0 Å². The summed E-state index contributed by atoms with van der Waals surface area (Å²) in [5.74, 6) is -0.436. The number of guanidine groups is 1. The maximum absolute atomic E-state index is 11.4. The molecule has 0 aliphatic rings. The van der Waals surface area contributed by atoms with E-state index in [-0.39, 0.29) is 48.0 Å². The molecule has 0 aliphatic carbocycles. The number of esters is 1. The fraction of sp³-hybridized carbons (Fsp3) is 0.875. The average Bonchev–Trinajstić information content (AvgIpc) is 2.44. The third kappa shape index (κ3) is 16.1. The van der Waals surface area contributed by atoms with E-state index in [1.807, 2.05) is 0 Å². The van der Waals surface area contributed by atoms with Gasteiger partial charge in [-0.2, -0.15) is 0 Å². The molecule has 0 aromatic rings. The number of rotatable bonds is 13. The molecule has 0 radical (unpaired) electrons. The summed E-state index contributed by atoms with van der Waals surface area (Å²) in [6, 6.07) is 0. The summed E-state index contributed by atoms with van der Waals surface area (Å²) in [5.41, 5.74) is 5.25. The summed E-state index contributed by atoms with van der Waals surface area (Å²) in [6.07, 6.45) is 12.6. The molecule has 0 spiro atoms. The van der Waals surface area contributed by atoms with E-state index in [2.05, 4.69) is 6.92 Å². The molecule has 126 valence electrons. The van der Waals surface area contributed by atoms with Crippen LogP contribution >= 0.6 is 0 Å². The van der Waals surface area contributed by atoms with Crippen molar-refractivity contribution in [2.24, 2.45) is 5.73 Å². The van der Waals surface area contributed by atoms with Gasteiger partial charge >= 0.3 is 35.5 Å². The zero-order chi connectivity index (χ0) is 15.9. The zero-order valence-corrected chi connectivity index (χ0v) is 13.8. The first-order valence-electron chi connectivity index (χ1n) is 8.28. The summed E-state index contributed by atoms with van der Waals surface area (Å²) >= 11 is 0. The van der Waals surface area contributed by atoms with E-state index in [1.165, 1.54) is 56.3 Å². The van der Waals surface area contributed by atoms with Gasteiger partial charge in [-0.1, -0.05) is 64.7 Å². The standard InChI is InChI=1S/C16H33N3O2.Na.H/c1-3-4-5-6-7-8-9-10-11-12-13-21-15(20)14-19(2)16(17)18;;/h3-14H2,1-2H3,(H3,17,18);;. The number of nitrogens with two attached hydrogens (primary N) is 1. The van der Waals surface area contributed by atoms with Crippen molar-refractivity contribution in [3.8, 4) is 0 Å². The minimum absolute atomic E-state index is 0. The summed E-state index contributed by atoms with van der Waals surface area (Å²) in [5, 5.41) is 7.15. The first-order valence-corrected chi connectivity index (χ1v) is 8.28. The van der Waals surface area contributed by atoms with Gasteiger partial charge in [0.05, 0.1) is 6.61 Å². The van der Waals surface area contributed by atoms with Gasteiger partial charge in [0.1, 0.15) is 6.54 Å². The van der Waals surface area contributed by atoms with Crippen molar-refractivity contribution in [2.45, 2.75) is 71.1 Å². The van der Waals surface area contributed by atoms with Crippen LogP contribution in [0, 0.1) is 5.41 Å². The molecule has 0 amide bonds. The molecule has 22 heavy (non-hydrogen) atoms. The van der Waals surface area contributed by atoms with E-state index in [9.17, 15) is 4.79 Å². The molecule has 0 aromatic carbocycles. The molecule has 0 heterocycles. The van der Waals surface area contributed by atoms with Crippen LogP contribution in [-0.4, -0.2) is 66.6 Å². The van der Waals surface area contributed by atoms with Gasteiger partial charge < -0.3 is 15.4 Å². The number of hydrogen-bond donors (Lipinski definition) is 2. The third-order valence-electron chi connectivity index (χ3n) is 3.54. The van der Waals surface area contributed by atoms with Crippen molar-refractivity contribution in [2.75, 3.05) is 20.2 Å². The SMILES string of the molecule is CCCCCCCCCCCCOC(=O)CN(C)C(=N)N.[NaH]. The van der Waals surface area contributed by atoms with Gasteiger partial charge in [0, 0.05) is 7.05 Å². The van der Waals surface area contributed by atoms with Crippen LogP contribution in [0.2, 0.25) is 0 Å². The van der Waals surface area contributed by atoms with Crippen molar-refractivity contribution < 1.29 is 9.53 Å². The molecule has 0 bridgehead atoms. The average molecular weight is 323 g/mol. The van der Waals surface area contributed by atoms with E-state index in [4.69, 9.17) is 15.9 Å². The summed E-state index contributed by atoms with van der Waals surface area (Å²) in [7, 11) is 1.60. The van der Waals surface area contributed by atoms with Gasteiger partial charge in [-0.3, -0.25) is 10.2 Å². The van der Waals surface area contributed by atoms with E-state index in [1.54, 1.807) is 7.05 Å². The van der Waals surface area contributed by atoms with Crippen LogP contribution in [0.4, 0.5) is 0 Å². The second-order valence-corrected chi connectivity index (χ2v) is 5.64. The second kappa shape index (κ2) is 17.1. The Hall–Kier alpha value is -0.260. The summed E-state index contributed by atoms with van der Waals surface area (Å²) in [6.45, 7) is 2.76. The molecule has 3 N–H and O–H groups in total. The molecule has 0 atom stereocenters. The minimum atomic E-state index is -0.316. The van der Waals surface area contributed by atoms with E-state index in [0.29, 0.717) is 6.61 Å². The Balaban J connectivity index is 0. The first-order chi connectivity index (χ1) is 10.1. The number of nitrogens with zero attached hydrogens (tertiary/aromatic N) is 1. The molecule has 0 saturated heterocycles. The number of likely N-dealkylation sites (N-methyl/N-ethyl adjacent to an activating group) is 1. The van der Waals surface area contributed by atoms with Crippen LogP contribution in [0.3, 0.4) is 0 Å². The molecule has 0 aliphatic heterocycles. The summed E-state index contributed by atoms with van der Waals surface area (Å²) in [4.78, 5) is 12.8. The predicted octanol–water partition coefficient (Wildman–Crippen LogP) is 2.63. The Kier molecular flexibility index (Phi) is 18.7. The molecule has 6 heteroatoms. The Labute approximate surface area is 158 Å². The Morgan fingerprint density at radius 1 is 1.00 bits per heavy atom. The van der Waals surface area contributed by atoms with Crippen LogP contribution in [0.5, 0.6) is 0 Å². The van der Waals surface area contributed by atoms with Crippen molar-refractivity contribution >= 4 is 41.5 Å². The third-order valence-corrected chi connectivity index (χ3v) is 3.54. The fourth-order valence-electron chi connectivity index (χ4n) is 2.10. The number of unbranched alkanes of at least 4 members (excludes halogenated alkanes) is 9. The van der Waals surface area contributed by atoms with Crippen LogP contribution < -0.4 is 5.73 Å². The van der Waals surface area contributed by atoms with Gasteiger partial charge in [0.15, 0.2) is 5.96 Å². The normalized spacial score (nSPS) is 9.91. The van der Waals surface area contributed by atoms with E-state index in [0.717, 1.165) is 12.8 Å². The van der Waals surface area contributed by atoms with E-state index >= 15 is 0 Å². The first kappa shape index (κ1) is 24.0. The second-order valence-electron chi connectivity index (χ2n) is 5.64. The topological polar surface area (TPSA) is 79.4 Å². The summed E-state index contributed by atoms with van der Waals surface area (Å²) < 4.78 is 5.10. The number of carbonyl (C=O) groups is 1. The molecule has 0 aromatic heterocycles. The Bertz CT molecular complexity index is 289. The molecule has 0 saturated carbocycles. The van der Waals surface area contributed by atoms with Crippen molar-refractivity contribution in [1.82, 2.24) is 4.90 Å². The van der Waals surface area contributed by atoms with Crippen molar-refractivity contribution in [3.05, 3.63) is 0 Å². The number of nitrogens with one attached hydrogen (secondary N) is 1. The quantitative estimate of drug-likeness (QED) is 0.179. The zero-order valence-electron chi connectivity index (χ0n) is 13.8. The van der Waals surface area contributed by atoms with Crippen LogP contribution in [0.15, 0.2) is 0 Å². The van der Waals surface area contributed by atoms with Gasteiger partial charge in [-0.15, -0.1) is 0 Å². The van der Waals surface area contributed by atoms with E-state index < -0.39 is 0 Å². The van der Waals surface area contributed by atoms with Gasteiger partial charge in [-0.25, -0.2) is 0 Å².